The van der Waals surface area contributed by atoms with Crippen molar-refractivity contribution in [1.29, 1.82) is 0 Å². The Morgan fingerprint density at radius 2 is 1.75 bits per heavy atom. The summed E-state index contributed by atoms with van der Waals surface area (Å²) >= 11 is 0. The monoisotopic (exact) mass is 278 g/mol. The minimum Gasteiger partial charge on any atom is -0.353 e. The van der Waals surface area contributed by atoms with Crippen LogP contribution in [0.25, 0.3) is 0 Å². The van der Waals surface area contributed by atoms with Crippen LogP contribution in [0.5, 0.6) is 0 Å². The lowest BCUT2D eigenvalue weighted by Crippen LogP contribution is -2.54. The third-order valence-corrected chi connectivity index (χ3v) is 5.84. The van der Waals surface area contributed by atoms with E-state index in [2.05, 4.69) is 24.5 Å². The molecule has 4 saturated heterocycles. The molecule has 2 N–H and O–H groups in total. The largest absolute Gasteiger partial charge is 0.353 e. The number of rotatable bonds is 0. The number of carbonyl (C=O) groups is 2. The normalized spacial score (nSPS) is 45.3. The number of nitrogens with one attached hydrogen (secondary N) is 2. The fraction of sp³-hybridized carbons (Fsp3) is 0.875. The molecule has 112 valence electrons. The molecule has 6 aliphatic rings. The molecule has 0 aromatic rings. The van der Waals surface area contributed by atoms with Gasteiger partial charge < -0.3 is 10.6 Å². The maximum Gasteiger partial charge on any atom is 0.226 e. The Morgan fingerprint density at radius 3 is 2.05 bits per heavy atom. The van der Waals surface area contributed by atoms with E-state index in [1.165, 1.54) is 19.3 Å². The number of carbonyl (C=O) groups excluding carboxylic acids is 2. The average Bonchev–Trinajstić information content (AvgIpc) is 2.43. The fourth-order valence-electron chi connectivity index (χ4n) is 4.14. The van der Waals surface area contributed by atoms with Crippen molar-refractivity contribution in [2.45, 2.75) is 70.9 Å². The molecule has 2 saturated carbocycles. The van der Waals surface area contributed by atoms with Gasteiger partial charge in [0.05, 0.1) is 0 Å². The Morgan fingerprint density at radius 1 is 1.05 bits per heavy atom. The minimum atomic E-state index is -0.00521. The van der Waals surface area contributed by atoms with Crippen LogP contribution in [0, 0.1) is 17.3 Å². The molecule has 3 unspecified atom stereocenters. The zero-order chi connectivity index (χ0) is 14.3. The van der Waals surface area contributed by atoms with Crippen LogP contribution in [0.15, 0.2) is 0 Å². The molecule has 6 fully saturated rings. The van der Waals surface area contributed by atoms with Crippen LogP contribution in [0.1, 0.15) is 58.8 Å². The fourth-order valence-corrected chi connectivity index (χ4v) is 4.14. The van der Waals surface area contributed by atoms with Crippen molar-refractivity contribution in [2.24, 2.45) is 17.3 Å². The molecule has 4 nitrogen and oxygen atoms in total. The van der Waals surface area contributed by atoms with Gasteiger partial charge in [0.25, 0.3) is 0 Å². The molecule has 0 aromatic carbocycles. The summed E-state index contributed by atoms with van der Waals surface area (Å²) < 4.78 is 0. The first-order valence-corrected chi connectivity index (χ1v) is 8.09. The standard InChI is InChI=1S/2C8H13NO/c1-8-4-2-6(3-5-8)9-7(8)10;1-5-4-6-2-3-7(5)9-8(6)10/h6H,2-5H2,1H3,(H,9,10);5-7H,2-4H2,1H3,(H,9,10). The number of hydrogen-bond acceptors (Lipinski definition) is 2. The topological polar surface area (TPSA) is 58.2 Å². The minimum absolute atomic E-state index is 0.00521. The van der Waals surface area contributed by atoms with E-state index in [9.17, 15) is 9.59 Å². The van der Waals surface area contributed by atoms with E-state index in [4.69, 9.17) is 0 Å². The van der Waals surface area contributed by atoms with Crippen LogP contribution in [-0.4, -0.2) is 23.9 Å². The Kier molecular flexibility index (Phi) is 3.51. The van der Waals surface area contributed by atoms with E-state index in [-0.39, 0.29) is 11.3 Å². The third-order valence-electron chi connectivity index (χ3n) is 5.84. The Balaban J connectivity index is 0.000000121. The molecular weight excluding hydrogens is 252 g/mol. The van der Waals surface area contributed by atoms with E-state index < -0.39 is 0 Å². The Hall–Kier alpha value is -1.06. The maximum absolute atomic E-state index is 11.3. The highest BCUT2D eigenvalue weighted by Gasteiger charge is 2.43. The third kappa shape index (κ3) is 2.45. The molecular formula is C16H26N2O2. The highest BCUT2D eigenvalue weighted by molar-refractivity contribution is 5.84. The summed E-state index contributed by atoms with van der Waals surface area (Å²) in [5.41, 5.74) is -0.00521. The van der Waals surface area contributed by atoms with Crippen LogP contribution in [0.3, 0.4) is 0 Å². The molecule has 0 spiro atoms. The highest BCUT2D eigenvalue weighted by Crippen LogP contribution is 2.40. The lowest BCUT2D eigenvalue weighted by Gasteiger charge is -2.43. The molecule has 0 aromatic heterocycles. The summed E-state index contributed by atoms with van der Waals surface area (Å²) in [5, 5.41) is 6.04. The van der Waals surface area contributed by atoms with Crippen LogP contribution in [0.4, 0.5) is 0 Å². The smallest absolute Gasteiger partial charge is 0.226 e. The van der Waals surface area contributed by atoms with Crippen molar-refractivity contribution in [3.05, 3.63) is 0 Å². The SMILES string of the molecule is CC12CCC(CC1)NC2=O.CC1CC2CCC1NC2=O. The molecule has 4 aliphatic heterocycles. The number of hydrogen-bond donors (Lipinski definition) is 2. The quantitative estimate of drug-likeness (QED) is 0.712. The van der Waals surface area contributed by atoms with Crippen LogP contribution >= 0.6 is 0 Å². The zero-order valence-corrected chi connectivity index (χ0v) is 12.6. The average molecular weight is 278 g/mol. The zero-order valence-electron chi connectivity index (χ0n) is 12.6. The van der Waals surface area contributed by atoms with Crippen LogP contribution in [0.2, 0.25) is 0 Å². The first kappa shape index (κ1) is 13.9. The predicted molar refractivity (Wildman–Crippen MR) is 76.9 cm³/mol. The van der Waals surface area contributed by atoms with Crippen molar-refractivity contribution in [3.8, 4) is 0 Å². The van der Waals surface area contributed by atoms with E-state index >= 15 is 0 Å². The molecule has 4 heterocycles. The lowest BCUT2D eigenvalue weighted by atomic mass is 9.69. The molecule has 3 atom stereocenters. The van der Waals surface area contributed by atoms with Crippen molar-refractivity contribution >= 4 is 11.8 Å². The Labute approximate surface area is 121 Å². The summed E-state index contributed by atoms with van der Waals surface area (Å²) in [4.78, 5) is 22.4. The van der Waals surface area contributed by atoms with Gasteiger partial charge in [-0.25, -0.2) is 0 Å². The second kappa shape index (κ2) is 5.05. The van der Waals surface area contributed by atoms with Crippen molar-refractivity contribution in [1.82, 2.24) is 10.6 Å². The van der Waals surface area contributed by atoms with Gasteiger partial charge in [0.2, 0.25) is 11.8 Å². The van der Waals surface area contributed by atoms with Gasteiger partial charge in [-0.15, -0.1) is 0 Å². The van der Waals surface area contributed by atoms with Gasteiger partial charge in [0.1, 0.15) is 0 Å². The van der Waals surface area contributed by atoms with E-state index in [1.54, 1.807) is 0 Å². The predicted octanol–water partition coefficient (Wildman–Crippen LogP) is 1.99. The van der Waals surface area contributed by atoms with Gasteiger partial charge in [-0.05, 0) is 50.9 Å². The summed E-state index contributed by atoms with van der Waals surface area (Å²) in [5.74, 6) is 1.65. The first-order valence-electron chi connectivity index (χ1n) is 8.09. The summed E-state index contributed by atoms with van der Waals surface area (Å²) in [6, 6.07) is 1.01. The van der Waals surface area contributed by atoms with Crippen LogP contribution < -0.4 is 10.6 Å². The number of fused-ring (bicyclic) bond motifs is 6. The molecule has 2 amide bonds. The van der Waals surface area contributed by atoms with Gasteiger partial charge in [-0.1, -0.05) is 13.8 Å². The van der Waals surface area contributed by atoms with Crippen molar-refractivity contribution in [2.75, 3.05) is 0 Å². The van der Waals surface area contributed by atoms with E-state index in [1.807, 2.05) is 0 Å². The van der Waals surface area contributed by atoms with Crippen LogP contribution in [-0.2, 0) is 9.59 Å². The van der Waals surface area contributed by atoms with Gasteiger partial charge in [-0.3, -0.25) is 9.59 Å². The second-order valence-electron chi connectivity index (χ2n) is 7.41. The molecule has 4 heteroatoms. The molecule has 2 aliphatic carbocycles. The molecule has 0 radical (unpaired) electrons. The highest BCUT2D eigenvalue weighted by atomic mass is 16.2. The lowest BCUT2D eigenvalue weighted by molar-refractivity contribution is -0.138. The number of piperidine rings is 4. The van der Waals surface area contributed by atoms with Crippen molar-refractivity contribution in [3.63, 3.8) is 0 Å². The Bertz CT molecular complexity index is 413. The van der Waals surface area contributed by atoms with Gasteiger partial charge in [-0.2, -0.15) is 0 Å². The summed E-state index contributed by atoms with van der Waals surface area (Å²) in [6.45, 7) is 4.31. The molecule has 6 rings (SSSR count). The van der Waals surface area contributed by atoms with Gasteiger partial charge in [0.15, 0.2) is 0 Å². The summed E-state index contributed by atoms with van der Waals surface area (Å²) in [7, 11) is 0. The molecule has 4 bridgehead atoms. The first-order chi connectivity index (χ1) is 9.48. The van der Waals surface area contributed by atoms with E-state index in [0.717, 1.165) is 31.6 Å². The van der Waals surface area contributed by atoms with Gasteiger partial charge >= 0.3 is 0 Å². The number of amides is 2. The second-order valence-corrected chi connectivity index (χ2v) is 7.41. The van der Waals surface area contributed by atoms with E-state index in [0.29, 0.717) is 23.9 Å². The molecule has 20 heavy (non-hydrogen) atoms. The van der Waals surface area contributed by atoms with Crippen molar-refractivity contribution < 1.29 is 9.59 Å². The maximum atomic E-state index is 11.3. The summed E-state index contributed by atoms with van der Waals surface area (Å²) in [6.07, 6.45) is 8.05. The van der Waals surface area contributed by atoms with Gasteiger partial charge in [0, 0.05) is 23.4 Å².